The van der Waals surface area contributed by atoms with Gasteiger partial charge in [0.25, 0.3) is 0 Å². The average molecular weight is 144 g/mol. The van der Waals surface area contributed by atoms with Crippen molar-refractivity contribution in [2.75, 3.05) is 0 Å². The van der Waals surface area contributed by atoms with E-state index in [9.17, 15) is 4.39 Å². The van der Waals surface area contributed by atoms with Gasteiger partial charge >= 0.3 is 0 Å². The molecule has 0 amide bonds. The first kappa shape index (κ1) is 7.21. The first-order chi connectivity index (χ1) is 4.66. The van der Waals surface area contributed by atoms with Crippen LogP contribution in [-0.4, -0.2) is 14.9 Å². The summed E-state index contributed by atoms with van der Waals surface area (Å²) in [6.45, 7) is 2.87. The van der Waals surface area contributed by atoms with Gasteiger partial charge in [0.2, 0.25) is 0 Å². The summed E-state index contributed by atoms with van der Waals surface area (Å²) in [7, 11) is 0. The van der Waals surface area contributed by atoms with E-state index in [-0.39, 0.29) is 12.5 Å². The Morgan fingerprint density at radius 2 is 2.20 bits per heavy atom. The highest BCUT2D eigenvalue weighted by Crippen LogP contribution is 2.08. The maximum Gasteiger partial charge on any atom is 0.166 e. The molecule has 4 heteroatoms. The van der Waals surface area contributed by atoms with Crippen LogP contribution in [0.1, 0.15) is 11.4 Å². The molecule has 1 aromatic heterocycles. The number of halogens is 1. The van der Waals surface area contributed by atoms with Crippen molar-refractivity contribution < 1.29 is 9.50 Å². The van der Waals surface area contributed by atoms with Crippen LogP contribution in [0, 0.1) is 19.7 Å². The summed E-state index contributed by atoms with van der Waals surface area (Å²) in [5.41, 5.74) is 0.701. The molecule has 1 aromatic rings. The van der Waals surface area contributed by atoms with E-state index in [0.29, 0.717) is 11.4 Å². The maximum absolute atomic E-state index is 12.7. The van der Waals surface area contributed by atoms with Crippen molar-refractivity contribution in [1.29, 1.82) is 0 Å². The summed E-state index contributed by atoms with van der Waals surface area (Å²) in [4.78, 5) is 0. The summed E-state index contributed by atoms with van der Waals surface area (Å²) in [5.74, 6) is -0.339. The molecule has 56 valence electrons. The van der Waals surface area contributed by atoms with E-state index in [1.165, 1.54) is 4.68 Å². The Morgan fingerprint density at radius 3 is 2.40 bits per heavy atom. The molecular formula is C6H9FN2O. The number of nitrogens with zero attached hydrogens (tertiary/aromatic N) is 2. The molecule has 10 heavy (non-hydrogen) atoms. The van der Waals surface area contributed by atoms with Gasteiger partial charge in [-0.05, 0) is 13.8 Å². The van der Waals surface area contributed by atoms with Gasteiger partial charge in [-0.15, -0.1) is 0 Å². The molecule has 0 saturated carbocycles. The fraction of sp³-hybridized carbons (Fsp3) is 0.500. The molecule has 3 nitrogen and oxygen atoms in total. The van der Waals surface area contributed by atoms with Crippen molar-refractivity contribution in [3.8, 4) is 0 Å². The maximum atomic E-state index is 12.7. The van der Waals surface area contributed by atoms with Crippen molar-refractivity contribution in [3.63, 3.8) is 0 Å². The zero-order valence-corrected chi connectivity index (χ0v) is 5.93. The lowest BCUT2D eigenvalue weighted by atomic mass is 10.4. The quantitative estimate of drug-likeness (QED) is 0.626. The molecule has 0 radical (unpaired) electrons. The van der Waals surface area contributed by atoms with E-state index in [0.717, 1.165) is 0 Å². The minimum absolute atomic E-state index is 0.267. The van der Waals surface area contributed by atoms with Crippen LogP contribution in [0.4, 0.5) is 4.39 Å². The van der Waals surface area contributed by atoms with Crippen LogP contribution in [0.25, 0.3) is 0 Å². The largest absolute Gasteiger partial charge is 0.374 e. The van der Waals surface area contributed by atoms with Gasteiger partial charge in [-0.2, -0.15) is 5.10 Å². The van der Waals surface area contributed by atoms with Gasteiger partial charge in [-0.25, -0.2) is 9.07 Å². The van der Waals surface area contributed by atoms with E-state index in [2.05, 4.69) is 5.10 Å². The standard InChI is InChI=1S/C6H9FN2O/c1-4-6(7)5(2)9(3-10)8-4/h10H,3H2,1-2H3. The van der Waals surface area contributed by atoms with E-state index in [1.54, 1.807) is 13.8 Å². The minimum atomic E-state index is -0.339. The number of aryl methyl sites for hydroxylation is 1. The highest BCUT2D eigenvalue weighted by Gasteiger charge is 2.08. The minimum Gasteiger partial charge on any atom is -0.374 e. The van der Waals surface area contributed by atoms with Crippen LogP contribution in [0.15, 0.2) is 0 Å². The topological polar surface area (TPSA) is 38.0 Å². The fourth-order valence-electron chi connectivity index (χ4n) is 0.813. The van der Waals surface area contributed by atoms with Gasteiger partial charge < -0.3 is 5.11 Å². The van der Waals surface area contributed by atoms with E-state index in [1.807, 2.05) is 0 Å². The van der Waals surface area contributed by atoms with Gasteiger partial charge in [0.15, 0.2) is 5.82 Å². The van der Waals surface area contributed by atoms with Gasteiger partial charge in [0.1, 0.15) is 6.73 Å². The summed E-state index contributed by atoms with van der Waals surface area (Å²) >= 11 is 0. The van der Waals surface area contributed by atoms with Crippen molar-refractivity contribution in [1.82, 2.24) is 9.78 Å². The van der Waals surface area contributed by atoms with E-state index in [4.69, 9.17) is 5.11 Å². The summed E-state index contributed by atoms with van der Waals surface area (Å²) < 4.78 is 14.0. The van der Waals surface area contributed by atoms with Crippen LogP contribution < -0.4 is 0 Å². The second-order valence-electron chi connectivity index (χ2n) is 2.13. The van der Waals surface area contributed by atoms with Crippen LogP contribution in [-0.2, 0) is 6.73 Å². The molecule has 0 atom stereocenters. The number of hydrogen-bond acceptors (Lipinski definition) is 2. The van der Waals surface area contributed by atoms with Crippen molar-refractivity contribution >= 4 is 0 Å². The van der Waals surface area contributed by atoms with Crippen molar-refractivity contribution in [2.45, 2.75) is 20.6 Å². The average Bonchev–Trinajstić information content (AvgIpc) is 2.17. The summed E-state index contributed by atoms with van der Waals surface area (Å²) in [5, 5.41) is 12.3. The summed E-state index contributed by atoms with van der Waals surface area (Å²) in [6.07, 6.45) is 0. The molecule has 0 aromatic carbocycles. The Hall–Kier alpha value is -0.900. The third-order valence-corrected chi connectivity index (χ3v) is 1.43. The summed E-state index contributed by atoms with van der Waals surface area (Å²) in [6, 6.07) is 0. The second-order valence-corrected chi connectivity index (χ2v) is 2.13. The molecule has 0 unspecified atom stereocenters. The highest BCUT2D eigenvalue weighted by atomic mass is 19.1. The van der Waals surface area contributed by atoms with Crippen LogP contribution >= 0.6 is 0 Å². The Bertz CT molecular complexity index is 244. The lowest BCUT2D eigenvalue weighted by Crippen LogP contribution is -2.00. The van der Waals surface area contributed by atoms with Gasteiger partial charge in [0.05, 0.1) is 11.4 Å². The predicted molar refractivity (Wildman–Crippen MR) is 33.9 cm³/mol. The van der Waals surface area contributed by atoms with Crippen LogP contribution in [0.2, 0.25) is 0 Å². The van der Waals surface area contributed by atoms with Crippen LogP contribution in [0.5, 0.6) is 0 Å². The Kier molecular flexibility index (Phi) is 1.72. The molecular weight excluding hydrogens is 135 g/mol. The highest BCUT2D eigenvalue weighted by molar-refractivity contribution is 5.10. The third-order valence-electron chi connectivity index (χ3n) is 1.43. The molecule has 0 aliphatic heterocycles. The molecule has 1 heterocycles. The number of aromatic nitrogens is 2. The lowest BCUT2D eigenvalue weighted by molar-refractivity contribution is 0.191. The second kappa shape index (κ2) is 2.38. The molecule has 0 aliphatic rings. The van der Waals surface area contributed by atoms with E-state index >= 15 is 0 Å². The number of aliphatic hydroxyl groups is 1. The predicted octanol–water partition coefficient (Wildman–Crippen LogP) is 0.589. The smallest absolute Gasteiger partial charge is 0.166 e. The fourth-order valence-corrected chi connectivity index (χ4v) is 0.813. The monoisotopic (exact) mass is 144 g/mol. The number of aliphatic hydroxyl groups excluding tert-OH is 1. The molecule has 0 aliphatic carbocycles. The molecule has 1 N–H and O–H groups in total. The van der Waals surface area contributed by atoms with Crippen molar-refractivity contribution in [2.24, 2.45) is 0 Å². The third kappa shape index (κ3) is 0.903. The van der Waals surface area contributed by atoms with Crippen LogP contribution in [0.3, 0.4) is 0 Å². The van der Waals surface area contributed by atoms with Gasteiger partial charge in [-0.3, -0.25) is 0 Å². The Labute approximate surface area is 58.1 Å². The Balaban J connectivity index is 3.17. The number of hydrogen-bond donors (Lipinski definition) is 1. The molecule has 0 spiro atoms. The Morgan fingerprint density at radius 1 is 1.60 bits per heavy atom. The SMILES string of the molecule is Cc1nn(CO)c(C)c1F. The molecule has 1 rings (SSSR count). The zero-order chi connectivity index (χ0) is 7.72. The number of rotatable bonds is 1. The first-order valence-electron chi connectivity index (χ1n) is 2.97. The first-order valence-corrected chi connectivity index (χ1v) is 2.97. The van der Waals surface area contributed by atoms with Gasteiger partial charge in [-0.1, -0.05) is 0 Å². The normalized spacial score (nSPS) is 10.4. The molecule has 0 saturated heterocycles. The van der Waals surface area contributed by atoms with E-state index < -0.39 is 0 Å². The molecule has 0 bridgehead atoms. The van der Waals surface area contributed by atoms with Gasteiger partial charge in [0, 0.05) is 0 Å². The zero-order valence-electron chi connectivity index (χ0n) is 5.93. The lowest BCUT2D eigenvalue weighted by Gasteiger charge is -1.94. The van der Waals surface area contributed by atoms with Crippen molar-refractivity contribution in [3.05, 3.63) is 17.2 Å². The molecule has 0 fully saturated rings.